The molecule has 0 saturated heterocycles. The van der Waals surface area contributed by atoms with Gasteiger partial charge < -0.3 is 0 Å². The number of hydrogen-bond acceptors (Lipinski definition) is 0. The van der Waals surface area contributed by atoms with Crippen LogP contribution in [0.4, 0.5) is 0 Å². The molecule has 0 N–H and O–H groups in total. The topological polar surface area (TPSA) is 0 Å². The highest BCUT2D eigenvalue weighted by molar-refractivity contribution is 6.16. The summed E-state index contributed by atoms with van der Waals surface area (Å²) in [7, 11) is 0. The van der Waals surface area contributed by atoms with Crippen molar-refractivity contribution in [1.82, 2.24) is 0 Å². The van der Waals surface area contributed by atoms with Crippen LogP contribution in [0.5, 0.6) is 0 Å². The summed E-state index contributed by atoms with van der Waals surface area (Å²) in [6.07, 6.45) is 0. The average molecular weight is 717 g/mol. The molecule has 0 heterocycles. The molecule has 5 aromatic rings. The number of benzene rings is 5. The van der Waals surface area contributed by atoms with Gasteiger partial charge in [-0.05, 0) is 128 Å². The van der Waals surface area contributed by atoms with Gasteiger partial charge in [0.05, 0.1) is 0 Å². The molecule has 0 atom stereocenters. The molecule has 5 aromatic carbocycles. The van der Waals surface area contributed by atoms with Crippen molar-refractivity contribution in [2.45, 2.75) is 157 Å². The number of hydrogen-bond donors (Lipinski definition) is 0. The maximum Gasteiger partial charge on any atom is -0.00109 e. The lowest BCUT2D eigenvalue weighted by atomic mass is 9.64. The zero-order chi connectivity index (χ0) is 40.1. The SMILES string of the molecule is CC(C)(C)c1cccc(-c2cc3c(c(-c4cccc(C(C)(C)C)c4C(C)(C)C)c2-c2cccc(C(C)(C)C)c2C(C)(C)C)-c2ccccc2-3)c1C(C)(C)C. The normalized spacial score (nSPS) is 13.7. The Morgan fingerprint density at radius 2 is 0.537 bits per heavy atom. The Kier molecular flexibility index (Phi) is 9.45. The van der Waals surface area contributed by atoms with Gasteiger partial charge in [-0.3, -0.25) is 0 Å². The van der Waals surface area contributed by atoms with Gasteiger partial charge >= 0.3 is 0 Å². The second-order valence-corrected chi connectivity index (χ2v) is 22.3. The first kappa shape index (κ1) is 39.8. The molecule has 0 saturated carbocycles. The summed E-state index contributed by atoms with van der Waals surface area (Å²) < 4.78 is 0. The quantitative estimate of drug-likeness (QED) is 0.171. The standard InChI is InChI=1S/C54H68/c1-49(2,3)40-29-21-26-35(46(40)52(10,11)12)39-32-38-33-24-19-20-25-34(33)43(38)45(37-28-23-31-42(51(7,8)9)48(37)54(16,17)18)44(39)36-27-22-30-41(50(4,5)6)47(36)53(13,14)15/h19-32H,1-18H3. The van der Waals surface area contributed by atoms with Crippen molar-refractivity contribution >= 4 is 0 Å². The van der Waals surface area contributed by atoms with Crippen LogP contribution in [-0.4, -0.2) is 0 Å². The van der Waals surface area contributed by atoms with Gasteiger partial charge in [0.25, 0.3) is 0 Å². The van der Waals surface area contributed by atoms with E-state index in [1.165, 1.54) is 89.0 Å². The lowest BCUT2D eigenvalue weighted by Gasteiger charge is -2.39. The maximum atomic E-state index is 2.58. The maximum absolute atomic E-state index is 2.58. The van der Waals surface area contributed by atoms with Gasteiger partial charge in [-0.15, -0.1) is 0 Å². The Morgan fingerprint density at radius 3 is 0.926 bits per heavy atom. The van der Waals surface area contributed by atoms with E-state index in [1.54, 1.807) is 0 Å². The van der Waals surface area contributed by atoms with Crippen LogP contribution < -0.4 is 0 Å². The van der Waals surface area contributed by atoms with Crippen molar-refractivity contribution in [3.63, 3.8) is 0 Å². The van der Waals surface area contributed by atoms with Crippen molar-refractivity contribution in [2.24, 2.45) is 0 Å². The summed E-state index contributed by atoms with van der Waals surface area (Å²) in [4.78, 5) is 0. The fraction of sp³-hybridized carbons (Fsp3) is 0.444. The lowest BCUT2D eigenvalue weighted by molar-refractivity contribution is 0.531. The summed E-state index contributed by atoms with van der Waals surface area (Å²) >= 11 is 0. The average Bonchev–Trinajstić information content (AvgIpc) is 3.03. The van der Waals surface area contributed by atoms with Gasteiger partial charge in [-0.2, -0.15) is 0 Å². The molecule has 6 rings (SSSR count). The Balaban J connectivity index is 1.99. The predicted octanol–water partition coefficient (Wildman–Crippen LogP) is 16.1. The largest absolute Gasteiger partial charge is 0.0616 e. The third-order valence-electron chi connectivity index (χ3n) is 11.5. The van der Waals surface area contributed by atoms with E-state index >= 15 is 0 Å². The van der Waals surface area contributed by atoms with E-state index in [2.05, 4.69) is 210 Å². The molecule has 1 aliphatic carbocycles. The molecular formula is C54H68. The molecule has 54 heavy (non-hydrogen) atoms. The summed E-state index contributed by atoms with van der Waals surface area (Å²) in [5.41, 5.74) is 21.9. The first-order valence-corrected chi connectivity index (χ1v) is 20.4. The summed E-state index contributed by atoms with van der Waals surface area (Å²) in [6.45, 7) is 43.1. The monoisotopic (exact) mass is 717 g/mol. The van der Waals surface area contributed by atoms with Crippen LogP contribution in [0.2, 0.25) is 0 Å². The van der Waals surface area contributed by atoms with Gasteiger partial charge in [0.15, 0.2) is 0 Å². The molecule has 0 aliphatic heterocycles. The van der Waals surface area contributed by atoms with E-state index in [4.69, 9.17) is 0 Å². The van der Waals surface area contributed by atoms with Crippen LogP contribution in [0, 0.1) is 0 Å². The van der Waals surface area contributed by atoms with Gasteiger partial charge in [-0.1, -0.05) is 203 Å². The molecule has 0 amide bonds. The van der Waals surface area contributed by atoms with Crippen LogP contribution in [0.25, 0.3) is 55.6 Å². The minimum atomic E-state index is -0.102. The predicted molar refractivity (Wildman–Crippen MR) is 239 cm³/mol. The molecule has 0 spiro atoms. The van der Waals surface area contributed by atoms with Gasteiger partial charge in [0.2, 0.25) is 0 Å². The summed E-state index contributed by atoms with van der Waals surface area (Å²) in [5.74, 6) is 0. The van der Waals surface area contributed by atoms with Crippen LogP contribution >= 0.6 is 0 Å². The molecule has 0 heteroatoms. The number of fused-ring (bicyclic) bond motifs is 4. The fourth-order valence-electron chi connectivity index (χ4n) is 9.41. The van der Waals surface area contributed by atoms with E-state index in [0.717, 1.165) is 0 Å². The minimum Gasteiger partial charge on any atom is -0.0616 e. The molecule has 0 unspecified atom stereocenters. The molecule has 0 bridgehead atoms. The van der Waals surface area contributed by atoms with Gasteiger partial charge in [-0.25, -0.2) is 0 Å². The zero-order valence-electron chi connectivity index (χ0n) is 37.1. The van der Waals surface area contributed by atoms with Crippen LogP contribution in [0.1, 0.15) is 158 Å². The van der Waals surface area contributed by atoms with E-state index in [0.29, 0.717) is 0 Å². The highest BCUT2D eigenvalue weighted by Gasteiger charge is 2.38. The fourth-order valence-corrected chi connectivity index (χ4v) is 9.41. The Labute approximate surface area is 329 Å². The Morgan fingerprint density at radius 1 is 0.241 bits per heavy atom. The van der Waals surface area contributed by atoms with Crippen molar-refractivity contribution in [3.05, 3.63) is 118 Å². The van der Waals surface area contributed by atoms with E-state index < -0.39 is 0 Å². The molecule has 0 nitrogen and oxygen atoms in total. The third kappa shape index (κ3) is 6.82. The summed E-state index contributed by atoms with van der Waals surface area (Å²) in [6, 6.07) is 33.2. The first-order chi connectivity index (χ1) is 24.6. The van der Waals surface area contributed by atoms with E-state index in [-0.39, 0.29) is 32.5 Å². The second-order valence-electron chi connectivity index (χ2n) is 22.3. The smallest absolute Gasteiger partial charge is 0.00109 e. The van der Waals surface area contributed by atoms with Crippen molar-refractivity contribution < 1.29 is 0 Å². The highest BCUT2D eigenvalue weighted by atomic mass is 14.4. The third-order valence-corrected chi connectivity index (χ3v) is 11.5. The number of rotatable bonds is 3. The van der Waals surface area contributed by atoms with Crippen molar-refractivity contribution in [2.75, 3.05) is 0 Å². The summed E-state index contributed by atoms with van der Waals surface area (Å²) in [5, 5.41) is 0. The van der Waals surface area contributed by atoms with Crippen LogP contribution in [0.3, 0.4) is 0 Å². The van der Waals surface area contributed by atoms with Crippen LogP contribution in [0.15, 0.2) is 84.9 Å². The van der Waals surface area contributed by atoms with Crippen molar-refractivity contribution in [1.29, 1.82) is 0 Å². The van der Waals surface area contributed by atoms with E-state index in [9.17, 15) is 0 Å². The first-order valence-electron chi connectivity index (χ1n) is 20.4. The highest BCUT2D eigenvalue weighted by Crippen LogP contribution is 2.60. The van der Waals surface area contributed by atoms with Crippen LogP contribution in [-0.2, 0) is 32.5 Å². The Hall–Kier alpha value is -3.90. The molecule has 284 valence electrons. The van der Waals surface area contributed by atoms with Gasteiger partial charge in [0, 0.05) is 0 Å². The van der Waals surface area contributed by atoms with Crippen molar-refractivity contribution in [3.8, 4) is 55.6 Å². The lowest BCUT2D eigenvalue weighted by Crippen LogP contribution is -2.25. The van der Waals surface area contributed by atoms with Gasteiger partial charge in [0.1, 0.15) is 0 Å². The minimum absolute atomic E-state index is 0.0166. The molecular weight excluding hydrogens is 649 g/mol. The zero-order valence-corrected chi connectivity index (χ0v) is 37.1. The molecule has 0 radical (unpaired) electrons. The Bertz CT molecular complexity index is 2240. The van der Waals surface area contributed by atoms with E-state index in [1.807, 2.05) is 0 Å². The molecule has 1 aliphatic rings. The second kappa shape index (κ2) is 12.8. The molecule has 0 aromatic heterocycles. The molecule has 0 fully saturated rings.